The predicted molar refractivity (Wildman–Crippen MR) is 332 cm³/mol. The summed E-state index contributed by atoms with van der Waals surface area (Å²) in [5, 5.41) is 158. The second-order valence-corrected chi connectivity index (χ2v) is 25.1. The highest BCUT2D eigenvalue weighted by molar-refractivity contribution is 5.94. The molecule has 1 aromatic rings. The Bertz CT molecular complexity index is 2790. The molecule has 562 valence electrons. The van der Waals surface area contributed by atoms with Crippen molar-refractivity contribution in [2.45, 2.75) is 270 Å². The van der Waals surface area contributed by atoms with Crippen LogP contribution < -0.4 is 31.3 Å². The summed E-state index contributed by atoms with van der Waals surface area (Å²) in [5.41, 5.74) is 0.0342. The minimum atomic E-state index is -2.07. The van der Waals surface area contributed by atoms with E-state index in [2.05, 4.69) is 45.3 Å². The summed E-state index contributed by atoms with van der Waals surface area (Å²) in [6, 6.07) is -2.53. The summed E-state index contributed by atoms with van der Waals surface area (Å²) < 4.78 is 77.9. The van der Waals surface area contributed by atoms with Gasteiger partial charge in [-0.2, -0.15) is 0 Å². The average Bonchev–Trinajstić information content (AvgIpc) is 0.791. The van der Waals surface area contributed by atoms with E-state index in [0.717, 1.165) is 59.8 Å². The van der Waals surface area contributed by atoms with Crippen molar-refractivity contribution in [3.05, 3.63) is 29.8 Å². The standard InChI is InChI=1S/C63H99N5O31/c1-8-9-10-11-12-13-14-15-16-20-88-33-19-17-18-32(21-33)57(85)68-40-46(79)45(78)34(22-69)92-59(40)96-52-35(23-70)93-60(41(48(52)81)65-29(4)74)97-53-36(24-71)94-61(42(49(53)82)66-30(5)75)98-54-37(25-72)95-62(43(50(54)83)67-31(6)76)99-55-38(91-58(86)39(47(55)80)64-28(3)73)26-89-63-56(87-7)51(84)44(77)27(2)90-63/h17-19,21,27,34-56,58-63,69-72,77-84,86H,8-12,15-16,20,22-26H2,1-7H3,(H,64,73)(H,65,74)(H,66,75)(H,67,76)(H,68,85)/t27?,34?,35?,36?,37?,38?,39-,40-,41?,42-,43?,44+,45+,46+,47+,48?,49+,50?,51+,52+,53?,54+,55?,56+,58+,59?,60-,61-,62?,63?/m0/s1. The molecule has 6 aliphatic heterocycles. The normalized spacial score (nSPS) is 39.4. The SMILES string of the molecule is CCCCCCC#CCCCOc1cccc(C(=O)N[C@@H]2C(O[C@@H]3C(CO)O[C@@H](OC4C(CO)O[C@@H](O[C@@H]5C(CO)OC(OC6C(COC7OC(C)[C@@H](O)[C@@H](O)[C@H]7OC)O[C@@H](O)[C@@H](NC(C)=O)[C@H]6O)C(NC(C)=O)C5O)[C@@H](NC(C)=O)[C@H]4O)C(NC(C)=O)C3O)OC(CO)[C@@H](O)[C@@H]2O)c1. The molecular formula is C63H99N5O31. The maximum atomic E-state index is 13.9. The third-order valence-electron chi connectivity index (χ3n) is 17.6. The number of ether oxygens (including phenoxy) is 13. The van der Waals surface area contributed by atoms with Gasteiger partial charge in [0.25, 0.3) is 5.91 Å². The number of benzene rings is 1. The van der Waals surface area contributed by atoms with Gasteiger partial charge in [-0.05, 0) is 38.0 Å². The first-order valence-corrected chi connectivity index (χ1v) is 33.0. The van der Waals surface area contributed by atoms with Gasteiger partial charge in [0.2, 0.25) is 23.6 Å². The molecule has 1 aromatic carbocycles. The molecular weight excluding hydrogens is 1320 g/mol. The van der Waals surface area contributed by atoms with Crippen LogP contribution in [0.1, 0.15) is 96.8 Å². The molecule has 0 spiro atoms. The molecule has 36 heteroatoms. The Hall–Kier alpha value is -5.07. The highest BCUT2D eigenvalue weighted by atomic mass is 16.8. The van der Waals surface area contributed by atoms with Crippen molar-refractivity contribution in [3.63, 3.8) is 0 Å². The summed E-state index contributed by atoms with van der Waals surface area (Å²) in [6.45, 7) is 3.43. The highest BCUT2D eigenvalue weighted by Crippen LogP contribution is 2.37. The number of nitrogens with one attached hydrogen (secondary N) is 5. The number of aliphatic hydroxyl groups is 13. The van der Waals surface area contributed by atoms with E-state index in [1.54, 1.807) is 12.1 Å². The molecule has 15 unspecified atom stereocenters. The summed E-state index contributed by atoms with van der Waals surface area (Å²) in [5.74, 6) is 2.59. The second kappa shape index (κ2) is 38.4. The number of unbranched alkanes of at least 4 members (excludes halogenated alkanes) is 5. The summed E-state index contributed by atoms with van der Waals surface area (Å²) in [7, 11) is 1.21. The molecule has 5 amide bonds. The van der Waals surface area contributed by atoms with Crippen LogP contribution in [0.15, 0.2) is 24.3 Å². The first kappa shape index (κ1) is 81.2. The molecule has 99 heavy (non-hydrogen) atoms. The molecule has 6 aliphatic rings. The van der Waals surface area contributed by atoms with E-state index in [9.17, 15) is 90.4 Å². The zero-order valence-electron chi connectivity index (χ0n) is 56.0. The topological polar surface area (TPSA) is 528 Å². The van der Waals surface area contributed by atoms with Gasteiger partial charge < -0.3 is 155 Å². The Kier molecular flexibility index (Phi) is 31.5. The number of methoxy groups -OCH3 is 1. The third kappa shape index (κ3) is 20.9. The van der Waals surface area contributed by atoms with Gasteiger partial charge in [0.05, 0.1) is 45.7 Å². The second-order valence-electron chi connectivity index (χ2n) is 25.1. The van der Waals surface area contributed by atoms with Crippen LogP contribution >= 0.6 is 0 Å². The average molecular weight is 1420 g/mol. The number of aliphatic hydroxyl groups excluding tert-OH is 13. The van der Waals surface area contributed by atoms with Gasteiger partial charge in [-0.1, -0.05) is 32.3 Å². The monoisotopic (exact) mass is 1420 g/mol. The quantitative estimate of drug-likeness (QED) is 0.0251. The lowest BCUT2D eigenvalue weighted by molar-refractivity contribution is -0.368. The Morgan fingerprint density at radius 3 is 1.35 bits per heavy atom. The lowest BCUT2D eigenvalue weighted by atomic mass is 9.93. The van der Waals surface area contributed by atoms with Crippen LogP contribution in [0.3, 0.4) is 0 Å². The minimum Gasteiger partial charge on any atom is -0.494 e. The molecule has 0 aromatic heterocycles. The lowest BCUT2D eigenvalue weighted by Gasteiger charge is -2.51. The maximum absolute atomic E-state index is 13.9. The van der Waals surface area contributed by atoms with Crippen molar-refractivity contribution in [3.8, 4) is 17.6 Å². The molecule has 18 N–H and O–H groups in total. The number of carbonyl (C=O) groups is 5. The molecule has 6 heterocycles. The number of hydrogen-bond acceptors (Lipinski definition) is 31. The van der Waals surface area contributed by atoms with Crippen LogP contribution in [0.25, 0.3) is 0 Å². The number of amides is 5. The van der Waals surface area contributed by atoms with Crippen LogP contribution in [0, 0.1) is 11.8 Å². The highest BCUT2D eigenvalue weighted by Gasteiger charge is 2.58. The minimum absolute atomic E-state index is 0.0342. The van der Waals surface area contributed by atoms with E-state index in [4.69, 9.17) is 61.6 Å². The Labute approximate surface area is 571 Å². The number of hydrogen-bond donors (Lipinski definition) is 18. The van der Waals surface area contributed by atoms with Crippen LogP contribution in [-0.4, -0.2) is 327 Å². The fourth-order valence-corrected chi connectivity index (χ4v) is 12.5. The lowest BCUT2D eigenvalue weighted by Crippen LogP contribution is -2.72. The van der Waals surface area contributed by atoms with E-state index in [-0.39, 0.29) is 12.2 Å². The van der Waals surface area contributed by atoms with Gasteiger partial charge in [0.1, 0.15) is 146 Å². The summed E-state index contributed by atoms with van der Waals surface area (Å²) in [6.07, 6.45) is -37.0. The fourth-order valence-electron chi connectivity index (χ4n) is 12.5. The summed E-state index contributed by atoms with van der Waals surface area (Å²) >= 11 is 0. The first-order chi connectivity index (χ1) is 47.2. The van der Waals surface area contributed by atoms with Gasteiger partial charge >= 0.3 is 0 Å². The molecule has 7 rings (SSSR count). The number of carbonyl (C=O) groups excluding carboxylic acids is 5. The molecule has 0 saturated carbocycles. The van der Waals surface area contributed by atoms with Crippen LogP contribution in [0.5, 0.6) is 5.75 Å². The van der Waals surface area contributed by atoms with Crippen molar-refractivity contribution >= 4 is 29.5 Å². The van der Waals surface area contributed by atoms with Crippen molar-refractivity contribution in [2.75, 3.05) is 46.8 Å². The molecule has 0 aliphatic carbocycles. The maximum Gasteiger partial charge on any atom is 0.251 e. The fraction of sp³-hybridized carbons (Fsp3) is 0.794. The van der Waals surface area contributed by atoms with Gasteiger partial charge in [0, 0.05) is 53.2 Å². The summed E-state index contributed by atoms with van der Waals surface area (Å²) in [4.78, 5) is 65.1. The van der Waals surface area contributed by atoms with Crippen LogP contribution in [0.4, 0.5) is 0 Å². The van der Waals surface area contributed by atoms with Gasteiger partial charge in [-0.15, -0.1) is 11.8 Å². The van der Waals surface area contributed by atoms with E-state index in [0.29, 0.717) is 18.6 Å². The molecule has 36 nitrogen and oxygen atoms in total. The van der Waals surface area contributed by atoms with Crippen LogP contribution in [-0.2, 0) is 76.0 Å². The van der Waals surface area contributed by atoms with E-state index < -0.39 is 246 Å². The molecule has 0 bridgehead atoms. The number of rotatable bonds is 30. The van der Waals surface area contributed by atoms with Crippen molar-refractivity contribution in [1.82, 2.24) is 26.6 Å². The van der Waals surface area contributed by atoms with Crippen LogP contribution in [0.2, 0.25) is 0 Å². The van der Waals surface area contributed by atoms with Gasteiger partial charge in [-0.25, -0.2) is 0 Å². The van der Waals surface area contributed by atoms with Gasteiger partial charge in [0.15, 0.2) is 37.7 Å². The molecule has 0 radical (unpaired) electrons. The van der Waals surface area contributed by atoms with Crippen molar-refractivity contribution in [1.29, 1.82) is 0 Å². The van der Waals surface area contributed by atoms with Crippen molar-refractivity contribution in [2.24, 2.45) is 0 Å². The van der Waals surface area contributed by atoms with E-state index in [1.807, 2.05) is 0 Å². The largest absolute Gasteiger partial charge is 0.494 e. The Morgan fingerprint density at radius 1 is 0.465 bits per heavy atom. The van der Waals surface area contributed by atoms with Crippen molar-refractivity contribution < 1.29 is 152 Å². The molecule has 6 saturated heterocycles. The Balaban J connectivity index is 1.07. The third-order valence-corrected chi connectivity index (χ3v) is 17.6. The zero-order valence-corrected chi connectivity index (χ0v) is 56.0. The predicted octanol–water partition coefficient (Wildman–Crippen LogP) is -7.27. The molecule has 6 fully saturated rings. The zero-order chi connectivity index (χ0) is 72.5. The first-order valence-electron chi connectivity index (χ1n) is 33.0. The molecule has 30 atom stereocenters. The Morgan fingerprint density at radius 2 is 0.899 bits per heavy atom. The smallest absolute Gasteiger partial charge is 0.251 e. The van der Waals surface area contributed by atoms with E-state index in [1.165, 1.54) is 26.2 Å². The van der Waals surface area contributed by atoms with E-state index >= 15 is 0 Å². The van der Waals surface area contributed by atoms with Gasteiger partial charge in [-0.3, -0.25) is 24.0 Å².